The molecule has 3 aromatic carbocycles. The van der Waals surface area contributed by atoms with E-state index in [1.54, 1.807) is 0 Å². The Kier molecular flexibility index (Phi) is 6.54. The molecule has 158 valence electrons. The second-order valence-corrected chi connectivity index (χ2v) is 8.10. The molecule has 2 atom stereocenters. The first-order chi connectivity index (χ1) is 15.1. The number of nitrogens with zero attached hydrogens (tertiary/aromatic N) is 1. The van der Waals surface area contributed by atoms with Gasteiger partial charge in [-0.1, -0.05) is 60.5 Å². The maximum atomic E-state index is 11.7. The molecule has 1 fully saturated rings. The fourth-order valence-corrected chi connectivity index (χ4v) is 4.37. The van der Waals surface area contributed by atoms with E-state index in [0.29, 0.717) is 6.04 Å². The van der Waals surface area contributed by atoms with Gasteiger partial charge in [-0.2, -0.15) is 0 Å². The van der Waals surface area contributed by atoms with Crippen LogP contribution in [-0.4, -0.2) is 31.7 Å². The molecule has 0 saturated carbocycles. The third-order valence-electron chi connectivity index (χ3n) is 5.93. The van der Waals surface area contributed by atoms with Crippen molar-refractivity contribution in [3.63, 3.8) is 0 Å². The van der Waals surface area contributed by atoms with Crippen molar-refractivity contribution in [1.82, 2.24) is 5.32 Å². The number of terminal acetylenes is 1. The summed E-state index contributed by atoms with van der Waals surface area (Å²) in [5.74, 6) is 2.02. The highest BCUT2D eigenvalue weighted by molar-refractivity contribution is 5.86. The lowest BCUT2D eigenvalue weighted by atomic mass is 9.99. The lowest BCUT2D eigenvalue weighted by Gasteiger charge is -2.23. The van der Waals surface area contributed by atoms with E-state index in [0.717, 1.165) is 25.1 Å². The maximum Gasteiger partial charge on any atom is 0.311 e. The lowest BCUT2D eigenvalue weighted by molar-refractivity contribution is -0.141. The van der Waals surface area contributed by atoms with Crippen LogP contribution in [0.1, 0.15) is 30.5 Å². The van der Waals surface area contributed by atoms with Gasteiger partial charge in [-0.3, -0.25) is 4.79 Å². The minimum absolute atomic E-state index is 0.0241. The highest BCUT2D eigenvalue weighted by Gasteiger charge is 2.24. The molecule has 1 heterocycles. The molecule has 0 unspecified atom stereocenters. The molecular weight excluding hydrogens is 384 g/mol. The van der Waals surface area contributed by atoms with Crippen LogP contribution in [0.25, 0.3) is 10.8 Å². The van der Waals surface area contributed by atoms with Crippen LogP contribution in [0, 0.1) is 12.3 Å². The number of hydrogen-bond donors (Lipinski definition) is 1. The third-order valence-corrected chi connectivity index (χ3v) is 5.93. The van der Waals surface area contributed by atoms with E-state index in [9.17, 15) is 4.79 Å². The molecule has 31 heavy (non-hydrogen) atoms. The first kappa shape index (κ1) is 21.0. The number of carbonyl (C=O) groups excluding carboxylic acids is 1. The molecule has 1 N–H and O–H groups in total. The van der Waals surface area contributed by atoms with E-state index in [4.69, 9.17) is 11.2 Å². The zero-order valence-corrected chi connectivity index (χ0v) is 17.9. The van der Waals surface area contributed by atoms with Gasteiger partial charge in [0.1, 0.15) is 0 Å². The number of esters is 1. The minimum atomic E-state index is -0.293. The molecule has 0 amide bonds. The standard InChI is InChI=1S/C27H28N2O2/c1-3-17-31-27(30)18-21-11-13-24(14-12-21)29-16-15-23(19-29)28-20(2)25-10-6-8-22-7-4-5-9-26(22)25/h1,4-14,20,23,28H,15-19H2,2H3/t20-,23+/m1/s1. The maximum absolute atomic E-state index is 11.7. The average molecular weight is 413 g/mol. The molecule has 0 aromatic heterocycles. The second kappa shape index (κ2) is 9.68. The Bertz CT molecular complexity index is 1080. The topological polar surface area (TPSA) is 41.6 Å². The van der Waals surface area contributed by atoms with Gasteiger partial charge in [-0.15, -0.1) is 6.42 Å². The van der Waals surface area contributed by atoms with Gasteiger partial charge in [0.15, 0.2) is 6.61 Å². The van der Waals surface area contributed by atoms with Crippen LogP contribution < -0.4 is 10.2 Å². The molecule has 0 radical (unpaired) electrons. The van der Waals surface area contributed by atoms with Gasteiger partial charge in [0.2, 0.25) is 0 Å². The molecule has 4 nitrogen and oxygen atoms in total. The fourth-order valence-electron chi connectivity index (χ4n) is 4.37. The highest BCUT2D eigenvalue weighted by atomic mass is 16.5. The lowest BCUT2D eigenvalue weighted by Crippen LogP contribution is -2.34. The number of anilines is 1. The van der Waals surface area contributed by atoms with Gasteiger partial charge >= 0.3 is 5.97 Å². The zero-order chi connectivity index (χ0) is 21.6. The van der Waals surface area contributed by atoms with E-state index >= 15 is 0 Å². The van der Waals surface area contributed by atoms with E-state index in [-0.39, 0.29) is 25.0 Å². The Morgan fingerprint density at radius 1 is 1.16 bits per heavy atom. The fraction of sp³-hybridized carbons (Fsp3) is 0.296. The Morgan fingerprint density at radius 3 is 2.74 bits per heavy atom. The number of ether oxygens (including phenoxy) is 1. The molecule has 0 aliphatic carbocycles. The summed E-state index contributed by atoms with van der Waals surface area (Å²) in [6.45, 7) is 4.26. The SMILES string of the molecule is C#CCOC(=O)Cc1ccc(N2CC[C@H](N[C@H](C)c3cccc4ccccc34)C2)cc1. The molecule has 4 rings (SSSR count). The van der Waals surface area contributed by atoms with Gasteiger partial charge in [0.05, 0.1) is 6.42 Å². The van der Waals surface area contributed by atoms with Gasteiger partial charge < -0.3 is 15.0 Å². The number of hydrogen-bond acceptors (Lipinski definition) is 4. The molecule has 0 bridgehead atoms. The Hall–Kier alpha value is -3.29. The number of benzene rings is 3. The molecule has 1 aliphatic heterocycles. The zero-order valence-electron chi connectivity index (χ0n) is 17.9. The van der Waals surface area contributed by atoms with Crippen LogP contribution in [0.3, 0.4) is 0 Å². The van der Waals surface area contributed by atoms with Crippen LogP contribution in [0.2, 0.25) is 0 Å². The Morgan fingerprint density at radius 2 is 1.94 bits per heavy atom. The predicted octanol–water partition coefficient (Wildman–Crippen LogP) is 4.49. The molecular formula is C27H28N2O2. The third kappa shape index (κ3) is 5.07. The average Bonchev–Trinajstić information content (AvgIpc) is 3.26. The van der Waals surface area contributed by atoms with E-state index in [2.05, 4.69) is 77.7 Å². The van der Waals surface area contributed by atoms with Crippen molar-refractivity contribution < 1.29 is 9.53 Å². The quantitative estimate of drug-likeness (QED) is 0.459. The normalized spacial score (nSPS) is 16.8. The summed E-state index contributed by atoms with van der Waals surface area (Å²) in [5, 5.41) is 6.42. The molecule has 4 heteroatoms. The summed E-state index contributed by atoms with van der Waals surface area (Å²) in [5.41, 5.74) is 3.46. The summed E-state index contributed by atoms with van der Waals surface area (Å²) >= 11 is 0. The number of nitrogens with one attached hydrogen (secondary N) is 1. The first-order valence-electron chi connectivity index (χ1n) is 10.8. The minimum Gasteiger partial charge on any atom is -0.452 e. The molecule has 1 saturated heterocycles. The molecule has 1 aliphatic rings. The van der Waals surface area contributed by atoms with Gasteiger partial charge in [0.25, 0.3) is 0 Å². The molecule has 3 aromatic rings. The summed E-state index contributed by atoms with van der Waals surface area (Å²) < 4.78 is 4.95. The Labute approximate surface area is 184 Å². The first-order valence-corrected chi connectivity index (χ1v) is 10.8. The van der Waals surface area contributed by atoms with E-state index in [1.165, 1.54) is 22.0 Å². The highest BCUT2D eigenvalue weighted by Crippen LogP contribution is 2.27. The van der Waals surface area contributed by atoms with E-state index < -0.39 is 0 Å². The van der Waals surface area contributed by atoms with Gasteiger partial charge in [0, 0.05) is 30.9 Å². The van der Waals surface area contributed by atoms with Crippen molar-refractivity contribution in [2.45, 2.75) is 31.8 Å². The predicted molar refractivity (Wildman–Crippen MR) is 126 cm³/mol. The smallest absolute Gasteiger partial charge is 0.311 e. The van der Waals surface area contributed by atoms with Gasteiger partial charge in [-0.05, 0) is 47.4 Å². The van der Waals surface area contributed by atoms with Crippen LogP contribution in [-0.2, 0) is 16.0 Å². The van der Waals surface area contributed by atoms with Crippen LogP contribution in [0.4, 0.5) is 5.69 Å². The second-order valence-electron chi connectivity index (χ2n) is 8.10. The molecule has 0 spiro atoms. The van der Waals surface area contributed by atoms with Crippen molar-refractivity contribution in [2.75, 3.05) is 24.6 Å². The summed E-state index contributed by atoms with van der Waals surface area (Å²) in [4.78, 5) is 14.1. The van der Waals surface area contributed by atoms with Crippen molar-refractivity contribution in [1.29, 1.82) is 0 Å². The van der Waals surface area contributed by atoms with Crippen LogP contribution in [0.15, 0.2) is 66.7 Å². The summed E-state index contributed by atoms with van der Waals surface area (Å²) in [6.07, 6.45) is 6.47. The summed E-state index contributed by atoms with van der Waals surface area (Å²) in [6, 6.07) is 24.0. The number of carbonyl (C=O) groups is 1. The van der Waals surface area contributed by atoms with Crippen molar-refractivity contribution in [2.24, 2.45) is 0 Å². The van der Waals surface area contributed by atoms with Crippen molar-refractivity contribution >= 4 is 22.4 Å². The summed E-state index contributed by atoms with van der Waals surface area (Å²) in [7, 11) is 0. The monoisotopic (exact) mass is 412 g/mol. The Balaban J connectivity index is 1.35. The van der Waals surface area contributed by atoms with Crippen LogP contribution in [0.5, 0.6) is 0 Å². The largest absolute Gasteiger partial charge is 0.452 e. The van der Waals surface area contributed by atoms with Crippen molar-refractivity contribution in [3.05, 3.63) is 77.9 Å². The van der Waals surface area contributed by atoms with E-state index in [1.807, 2.05) is 12.1 Å². The van der Waals surface area contributed by atoms with Crippen molar-refractivity contribution in [3.8, 4) is 12.3 Å². The number of rotatable bonds is 7. The number of fused-ring (bicyclic) bond motifs is 1. The van der Waals surface area contributed by atoms with Gasteiger partial charge in [-0.25, -0.2) is 0 Å². The van der Waals surface area contributed by atoms with Crippen LogP contribution >= 0.6 is 0 Å².